The molecule has 2 atom stereocenters. The van der Waals surface area contributed by atoms with E-state index >= 15 is 0 Å². The van der Waals surface area contributed by atoms with Gasteiger partial charge in [-0.25, -0.2) is 9.59 Å². The number of carbonyl (C=O) groups excluding carboxylic acids is 1. The Morgan fingerprint density at radius 2 is 1.80 bits per heavy atom. The van der Waals surface area contributed by atoms with E-state index in [0.717, 1.165) is 0 Å². The highest BCUT2D eigenvalue weighted by Crippen LogP contribution is 2.36. The molecule has 6 heteroatoms. The number of amides is 1. The molecule has 20 heavy (non-hydrogen) atoms. The minimum absolute atomic E-state index is 0.0252. The summed E-state index contributed by atoms with van der Waals surface area (Å²) in [6, 6.07) is -1.04. The minimum Gasteiger partial charge on any atom is -0.480 e. The highest BCUT2D eigenvalue weighted by Gasteiger charge is 2.55. The molecule has 0 saturated carbocycles. The van der Waals surface area contributed by atoms with E-state index < -0.39 is 35.5 Å². The van der Waals surface area contributed by atoms with Crippen LogP contribution < -0.4 is 0 Å². The summed E-state index contributed by atoms with van der Waals surface area (Å²) in [6.07, 6.45) is -1.23. The van der Waals surface area contributed by atoms with Gasteiger partial charge in [-0.3, -0.25) is 4.90 Å². The third-order valence-corrected chi connectivity index (χ3v) is 3.09. The van der Waals surface area contributed by atoms with Gasteiger partial charge in [0.25, 0.3) is 0 Å². The van der Waals surface area contributed by atoms with Gasteiger partial charge < -0.3 is 14.6 Å². The van der Waals surface area contributed by atoms with Crippen LogP contribution in [0.5, 0.6) is 0 Å². The lowest BCUT2D eigenvalue weighted by Crippen LogP contribution is -2.53. The Morgan fingerprint density at radius 3 is 2.15 bits per heavy atom. The third kappa shape index (κ3) is 3.42. The van der Waals surface area contributed by atoms with Crippen molar-refractivity contribution in [3.8, 4) is 0 Å². The van der Waals surface area contributed by atoms with Crippen molar-refractivity contribution in [3.05, 3.63) is 0 Å². The van der Waals surface area contributed by atoms with E-state index in [-0.39, 0.29) is 5.92 Å². The quantitative estimate of drug-likeness (QED) is 0.844. The van der Waals surface area contributed by atoms with Crippen molar-refractivity contribution in [2.24, 2.45) is 5.92 Å². The van der Waals surface area contributed by atoms with E-state index in [1.54, 1.807) is 34.6 Å². The molecule has 0 bridgehead atoms. The normalized spacial score (nSPS) is 25.9. The molecular formula is C14H25NO5. The monoisotopic (exact) mass is 287 g/mol. The summed E-state index contributed by atoms with van der Waals surface area (Å²) >= 11 is 0. The number of carboxylic acids is 1. The lowest BCUT2D eigenvalue weighted by molar-refractivity contribution is -0.143. The van der Waals surface area contributed by atoms with Gasteiger partial charge in [0.1, 0.15) is 11.3 Å². The van der Waals surface area contributed by atoms with E-state index in [1.165, 1.54) is 4.90 Å². The molecule has 1 heterocycles. The highest BCUT2D eigenvalue weighted by molar-refractivity contribution is 5.82. The molecule has 1 saturated heterocycles. The number of hydrogen-bond acceptors (Lipinski definition) is 4. The zero-order chi connectivity index (χ0) is 15.9. The summed E-state index contributed by atoms with van der Waals surface area (Å²) in [5.74, 6) is -1.11. The van der Waals surface area contributed by atoms with Crippen molar-refractivity contribution < 1.29 is 24.2 Å². The summed E-state index contributed by atoms with van der Waals surface area (Å²) in [6.45, 7) is 12.3. The fraction of sp³-hybridized carbons (Fsp3) is 0.857. The number of aliphatic carboxylic acids is 1. The average molecular weight is 287 g/mol. The Hall–Kier alpha value is -1.30. The predicted molar refractivity (Wildman–Crippen MR) is 73.3 cm³/mol. The van der Waals surface area contributed by atoms with Gasteiger partial charge in [-0.1, -0.05) is 13.8 Å². The third-order valence-electron chi connectivity index (χ3n) is 3.09. The molecule has 6 nitrogen and oxygen atoms in total. The molecule has 0 aliphatic carbocycles. The first kappa shape index (κ1) is 16.8. The second kappa shape index (κ2) is 5.24. The second-order valence-corrected chi connectivity index (χ2v) is 6.91. The smallest absolute Gasteiger partial charge is 0.413 e. The zero-order valence-electron chi connectivity index (χ0n) is 13.3. The van der Waals surface area contributed by atoms with Crippen molar-refractivity contribution in [2.75, 3.05) is 0 Å². The van der Waals surface area contributed by atoms with E-state index in [9.17, 15) is 14.7 Å². The number of carboxylic acid groups (broad SMARTS) is 1. The first-order valence-corrected chi connectivity index (χ1v) is 6.80. The Morgan fingerprint density at radius 1 is 1.30 bits per heavy atom. The van der Waals surface area contributed by atoms with Gasteiger partial charge in [-0.05, 0) is 40.5 Å². The van der Waals surface area contributed by atoms with Gasteiger partial charge in [-0.2, -0.15) is 0 Å². The van der Waals surface area contributed by atoms with Crippen molar-refractivity contribution in [3.63, 3.8) is 0 Å². The Kier molecular flexibility index (Phi) is 4.39. The average Bonchev–Trinajstić information content (AvgIpc) is 2.47. The molecule has 1 aliphatic rings. The van der Waals surface area contributed by atoms with Crippen molar-refractivity contribution in [1.29, 1.82) is 0 Å². The first-order valence-electron chi connectivity index (χ1n) is 6.80. The Balaban J connectivity index is 3.12. The Labute approximate surface area is 120 Å². The van der Waals surface area contributed by atoms with E-state index in [4.69, 9.17) is 9.47 Å². The molecule has 0 spiro atoms. The predicted octanol–water partition coefficient (Wildman–Crippen LogP) is 2.47. The maximum Gasteiger partial charge on any atom is 0.413 e. The molecule has 1 N–H and O–H groups in total. The van der Waals surface area contributed by atoms with Crippen molar-refractivity contribution >= 4 is 12.1 Å². The molecular weight excluding hydrogens is 262 g/mol. The van der Waals surface area contributed by atoms with E-state index in [2.05, 4.69) is 0 Å². The van der Waals surface area contributed by atoms with Gasteiger partial charge in [-0.15, -0.1) is 0 Å². The number of ether oxygens (including phenoxy) is 2. The van der Waals surface area contributed by atoms with Crippen LogP contribution in [0.3, 0.4) is 0 Å². The number of carbonyl (C=O) groups is 2. The fourth-order valence-corrected chi connectivity index (χ4v) is 2.33. The van der Waals surface area contributed by atoms with E-state index in [1.807, 2.05) is 13.8 Å². The number of rotatable bonds is 2. The van der Waals surface area contributed by atoms with Gasteiger partial charge in [0, 0.05) is 0 Å². The summed E-state index contributed by atoms with van der Waals surface area (Å²) in [5.41, 5.74) is -1.70. The molecule has 1 aliphatic heterocycles. The topological polar surface area (TPSA) is 76.1 Å². The highest BCUT2D eigenvalue weighted by atomic mass is 16.6. The van der Waals surface area contributed by atoms with Crippen LogP contribution in [0.4, 0.5) is 4.79 Å². The molecule has 0 aromatic heterocycles. The molecule has 116 valence electrons. The molecule has 0 radical (unpaired) electrons. The van der Waals surface area contributed by atoms with E-state index in [0.29, 0.717) is 0 Å². The lowest BCUT2D eigenvalue weighted by Gasteiger charge is -2.33. The van der Waals surface area contributed by atoms with Crippen LogP contribution in [0, 0.1) is 5.92 Å². The standard InChI is InChI=1S/C14H25NO5/c1-8(2)10-9(11(16)17)15(14(6,7)19-10)12(18)20-13(3,4)5/h8-10H,1-7H3,(H,16,17)/t9-,10-/m0/s1. The maximum absolute atomic E-state index is 12.3. The summed E-state index contributed by atoms with van der Waals surface area (Å²) < 4.78 is 11.1. The summed E-state index contributed by atoms with van der Waals surface area (Å²) in [7, 11) is 0. The van der Waals surface area contributed by atoms with Gasteiger partial charge in [0.15, 0.2) is 6.04 Å². The summed E-state index contributed by atoms with van der Waals surface area (Å²) in [4.78, 5) is 25.1. The second-order valence-electron chi connectivity index (χ2n) is 6.91. The number of nitrogens with zero attached hydrogens (tertiary/aromatic N) is 1. The van der Waals surface area contributed by atoms with Crippen LogP contribution in [-0.2, 0) is 14.3 Å². The van der Waals surface area contributed by atoms with Crippen LogP contribution in [0.1, 0.15) is 48.5 Å². The van der Waals surface area contributed by atoms with Gasteiger partial charge in [0.2, 0.25) is 0 Å². The van der Waals surface area contributed by atoms with Crippen LogP contribution in [-0.4, -0.2) is 45.5 Å². The van der Waals surface area contributed by atoms with Crippen LogP contribution in [0.15, 0.2) is 0 Å². The summed E-state index contributed by atoms with van der Waals surface area (Å²) in [5, 5.41) is 9.45. The molecule has 1 fully saturated rings. The lowest BCUT2D eigenvalue weighted by atomic mass is 9.99. The van der Waals surface area contributed by atoms with Crippen molar-refractivity contribution in [1.82, 2.24) is 4.90 Å². The molecule has 0 unspecified atom stereocenters. The SMILES string of the molecule is CC(C)[C@@H]1OC(C)(C)N(C(=O)OC(C)(C)C)[C@@H]1C(=O)O. The van der Waals surface area contributed by atoms with Gasteiger partial charge >= 0.3 is 12.1 Å². The molecule has 1 rings (SSSR count). The van der Waals surface area contributed by atoms with Crippen LogP contribution in [0.25, 0.3) is 0 Å². The molecule has 0 aromatic carbocycles. The minimum atomic E-state index is -1.08. The van der Waals surface area contributed by atoms with Crippen LogP contribution in [0.2, 0.25) is 0 Å². The Bertz CT molecular complexity index is 397. The molecule has 0 aromatic rings. The first-order chi connectivity index (χ1) is 8.87. The van der Waals surface area contributed by atoms with Crippen molar-refractivity contribution in [2.45, 2.75) is 71.9 Å². The van der Waals surface area contributed by atoms with Gasteiger partial charge in [0.05, 0.1) is 6.10 Å². The van der Waals surface area contributed by atoms with Crippen LogP contribution >= 0.6 is 0 Å². The maximum atomic E-state index is 12.3. The molecule has 1 amide bonds. The largest absolute Gasteiger partial charge is 0.480 e. The zero-order valence-corrected chi connectivity index (χ0v) is 13.3. The number of hydrogen-bond donors (Lipinski definition) is 1. The fourth-order valence-electron chi connectivity index (χ4n) is 2.33.